The van der Waals surface area contributed by atoms with Crippen LogP contribution in [0.2, 0.25) is 0 Å². The van der Waals surface area contributed by atoms with Gasteiger partial charge >= 0.3 is 0 Å². The van der Waals surface area contributed by atoms with Gasteiger partial charge in [0, 0.05) is 17.5 Å². The number of quaternary nitrogens is 1. The van der Waals surface area contributed by atoms with E-state index in [1.807, 2.05) is 6.07 Å². The van der Waals surface area contributed by atoms with E-state index in [1.54, 1.807) is 0 Å². The second-order valence-corrected chi connectivity index (χ2v) is 6.34. The summed E-state index contributed by atoms with van der Waals surface area (Å²) in [5.74, 6) is 0.298. The highest BCUT2D eigenvalue weighted by atomic mass is 16.4. The molecule has 3 nitrogen and oxygen atoms in total. The monoisotopic (exact) mass is 309 g/mol. The van der Waals surface area contributed by atoms with Gasteiger partial charge < -0.3 is 10.5 Å². The standard InChI is InChI=1S/C20H24N2O/c1-2-9-17-19(22-23)14-18(15-10-5-3-6-11-15)21-20(17)16-12-7-4-8-13-16/h3-8,10-13,17-18,20-21,23H,2,9,14H2,1H3/p+1/b22-19+/t17-,18-,20-/m0/s1. The van der Waals surface area contributed by atoms with Gasteiger partial charge in [0.25, 0.3) is 0 Å². The summed E-state index contributed by atoms with van der Waals surface area (Å²) in [6.07, 6.45) is 2.96. The molecule has 23 heavy (non-hydrogen) atoms. The molecule has 3 rings (SSSR count). The summed E-state index contributed by atoms with van der Waals surface area (Å²) >= 11 is 0. The second kappa shape index (κ2) is 7.42. The van der Waals surface area contributed by atoms with Crippen molar-refractivity contribution in [3.05, 3.63) is 71.8 Å². The number of hydrogen-bond donors (Lipinski definition) is 2. The van der Waals surface area contributed by atoms with Gasteiger partial charge in [-0.1, -0.05) is 79.2 Å². The van der Waals surface area contributed by atoms with Gasteiger partial charge in [-0.3, -0.25) is 0 Å². The van der Waals surface area contributed by atoms with E-state index in [-0.39, 0.29) is 0 Å². The minimum Gasteiger partial charge on any atom is -0.411 e. The molecule has 0 aromatic heterocycles. The normalized spacial score (nSPS) is 26.3. The lowest BCUT2D eigenvalue weighted by Crippen LogP contribution is -2.90. The van der Waals surface area contributed by atoms with E-state index < -0.39 is 0 Å². The summed E-state index contributed by atoms with van der Waals surface area (Å²) in [7, 11) is 0. The van der Waals surface area contributed by atoms with E-state index in [1.165, 1.54) is 11.1 Å². The van der Waals surface area contributed by atoms with Gasteiger partial charge in [0.15, 0.2) is 0 Å². The van der Waals surface area contributed by atoms with E-state index in [0.717, 1.165) is 25.0 Å². The van der Waals surface area contributed by atoms with Crippen molar-refractivity contribution in [2.75, 3.05) is 0 Å². The molecule has 1 aliphatic heterocycles. The van der Waals surface area contributed by atoms with Gasteiger partial charge in [-0.15, -0.1) is 0 Å². The molecule has 0 aliphatic carbocycles. The molecule has 120 valence electrons. The molecule has 0 amide bonds. The molecule has 0 spiro atoms. The highest BCUT2D eigenvalue weighted by Crippen LogP contribution is 2.32. The van der Waals surface area contributed by atoms with Crippen molar-refractivity contribution in [1.29, 1.82) is 0 Å². The molecule has 3 N–H and O–H groups in total. The number of oxime groups is 1. The van der Waals surface area contributed by atoms with Crippen LogP contribution in [0.3, 0.4) is 0 Å². The molecule has 1 heterocycles. The summed E-state index contributed by atoms with van der Waals surface area (Å²) in [4.78, 5) is 0. The van der Waals surface area contributed by atoms with Gasteiger partial charge in [-0.05, 0) is 6.42 Å². The van der Waals surface area contributed by atoms with Crippen molar-refractivity contribution in [1.82, 2.24) is 0 Å². The maximum atomic E-state index is 9.59. The van der Waals surface area contributed by atoms with Crippen LogP contribution in [-0.4, -0.2) is 10.9 Å². The van der Waals surface area contributed by atoms with Crippen LogP contribution in [0.5, 0.6) is 0 Å². The zero-order valence-electron chi connectivity index (χ0n) is 13.6. The summed E-state index contributed by atoms with van der Waals surface area (Å²) in [6, 6.07) is 21.8. The van der Waals surface area contributed by atoms with Crippen LogP contribution in [0, 0.1) is 5.92 Å². The molecular weight excluding hydrogens is 284 g/mol. The van der Waals surface area contributed by atoms with Crippen molar-refractivity contribution in [2.24, 2.45) is 11.1 Å². The fourth-order valence-corrected chi connectivity index (χ4v) is 3.76. The van der Waals surface area contributed by atoms with Crippen molar-refractivity contribution in [2.45, 2.75) is 38.3 Å². The van der Waals surface area contributed by atoms with Crippen LogP contribution < -0.4 is 5.32 Å². The van der Waals surface area contributed by atoms with Crippen molar-refractivity contribution >= 4 is 5.71 Å². The topological polar surface area (TPSA) is 49.2 Å². The maximum Gasteiger partial charge on any atom is 0.120 e. The Bertz CT molecular complexity index is 639. The fraction of sp³-hybridized carbons (Fsp3) is 0.350. The minimum absolute atomic E-state index is 0.298. The average Bonchev–Trinajstić information content (AvgIpc) is 2.63. The second-order valence-electron chi connectivity index (χ2n) is 6.34. The van der Waals surface area contributed by atoms with Gasteiger partial charge in [0.2, 0.25) is 0 Å². The molecular formula is C20H25N2O+. The van der Waals surface area contributed by atoms with E-state index >= 15 is 0 Å². The maximum absolute atomic E-state index is 9.59. The molecule has 3 heteroatoms. The summed E-state index contributed by atoms with van der Waals surface area (Å²) < 4.78 is 0. The van der Waals surface area contributed by atoms with Crippen molar-refractivity contribution < 1.29 is 10.5 Å². The number of benzene rings is 2. The Morgan fingerprint density at radius 1 is 1.00 bits per heavy atom. The molecule has 0 unspecified atom stereocenters. The Balaban J connectivity index is 1.95. The summed E-state index contributed by atoms with van der Waals surface area (Å²) in [5, 5.41) is 15.7. The average molecular weight is 309 g/mol. The van der Waals surface area contributed by atoms with E-state index in [2.05, 4.69) is 72.0 Å². The summed E-state index contributed by atoms with van der Waals surface area (Å²) in [5.41, 5.74) is 3.55. The number of nitrogens with two attached hydrogens (primary N) is 1. The van der Waals surface area contributed by atoms with E-state index in [0.29, 0.717) is 18.0 Å². The molecule has 1 fully saturated rings. The summed E-state index contributed by atoms with van der Waals surface area (Å²) in [6.45, 7) is 2.19. The lowest BCUT2D eigenvalue weighted by Gasteiger charge is -2.35. The molecule has 0 radical (unpaired) electrons. The molecule has 1 saturated heterocycles. The third kappa shape index (κ3) is 3.45. The first-order valence-electron chi connectivity index (χ1n) is 8.49. The number of piperidine rings is 1. The lowest BCUT2D eigenvalue weighted by atomic mass is 9.78. The molecule has 3 atom stereocenters. The number of hydrogen-bond acceptors (Lipinski definition) is 2. The largest absolute Gasteiger partial charge is 0.411 e. The Morgan fingerprint density at radius 2 is 1.61 bits per heavy atom. The minimum atomic E-state index is 0.298. The highest BCUT2D eigenvalue weighted by molar-refractivity contribution is 5.88. The lowest BCUT2D eigenvalue weighted by molar-refractivity contribution is -0.742. The number of rotatable bonds is 4. The Hall–Kier alpha value is -2.13. The molecule has 2 aromatic carbocycles. The van der Waals surface area contributed by atoms with Crippen molar-refractivity contribution in [3.8, 4) is 0 Å². The van der Waals surface area contributed by atoms with Crippen LogP contribution in [0.1, 0.15) is 49.4 Å². The van der Waals surface area contributed by atoms with Crippen LogP contribution >= 0.6 is 0 Å². The van der Waals surface area contributed by atoms with E-state index in [4.69, 9.17) is 0 Å². The zero-order chi connectivity index (χ0) is 16.1. The first-order chi connectivity index (χ1) is 11.3. The predicted molar refractivity (Wildman–Crippen MR) is 92.5 cm³/mol. The van der Waals surface area contributed by atoms with Gasteiger partial charge in [0.1, 0.15) is 12.1 Å². The first kappa shape index (κ1) is 15.8. The van der Waals surface area contributed by atoms with Crippen LogP contribution in [-0.2, 0) is 0 Å². The molecule has 0 bridgehead atoms. The third-order valence-electron chi connectivity index (χ3n) is 4.87. The highest BCUT2D eigenvalue weighted by Gasteiger charge is 2.39. The predicted octanol–water partition coefficient (Wildman–Crippen LogP) is 3.68. The quantitative estimate of drug-likeness (QED) is 0.657. The van der Waals surface area contributed by atoms with Gasteiger partial charge in [-0.25, -0.2) is 0 Å². The Kier molecular flexibility index (Phi) is 5.09. The Labute approximate surface area is 138 Å². The van der Waals surface area contributed by atoms with Crippen LogP contribution in [0.25, 0.3) is 0 Å². The fourth-order valence-electron chi connectivity index (χ4n) is 3.76. The molecule has 1 aliphatic rings. The number of nitrogens with zero attached hydrogens (tertiary/aromatic N) is 1. The smallest absolute Gasteiger partial charge is 0.120 e. The van der Waals surface area contributed by atoms with Crippen LogP contribution in [0.15, 0.2) is 65.8 Å². The molecule has 0 saturated carbocycles. The van der Waals surface area contributed by atoms with Crippen molar-refractivity contribution in [3.63, 3.8) is 0 Å². The molecule has 2 aromatic rings. The van der Waals surface area contributed by atoms with Gasteiger partial charge in [-0.2, -0.15) is 0 Å². The zero-order valence-corrected chi connectivity index (χ0v) is 13.6. The van der Waals surface area contributed by atoms with E-state index in [9.17, 15) is 5.21 Å². The third-order valence-corrected chi connectivity index (χ3v) is 4.87. The van der Waals surface area contributed by atoms with Gasteiger partial charge in [0.05, 0.1) is 11.6 Å². The Morgan fingerprint density at radius 3 is 2.17 bits per heavy atom. The SMILES string of the molecule is CCC[C@H]1/C(=N/O)C[C@@H](c2ccccc2)[NH2+][C@H]1c1ccccc1. The first-order valence-corrected chi connectivity index (χ1v) is 8.49. The van der Waals surface area contributed by atoms with Crippen LogP contribution in [0.4, 0.5) is 0 Å².